The average molecular weight is 436 g/mol. The zero-order valence-electron chi connectivity index (χ0n) is 17.8. The zero-order valence-corrected chi connectivity index (χ0v) is 17.8. The summed E-state index contributed by atoms with van der Waals surface area (Å²) in [6.45, 7) is 3.24. The number of rotatable bonds is 4. The zero-order chi connectivity index (χ0) is 22.4. The Hall–Kier alpha value is -3.26. The molecule has 2 N–H and O–H groups in total. The molecule has 1 saturated carbocycles. The molecular weight excluding hydrogens is 411 g/mol. The molecular formula is C24H25FN4O3. The van der Waals surface area contributed by atoms with Gasteiger partial charge in [-0.05, 0) is 43.4 Å². The first-order valence-electron chi connectivity index (χ1n) is 10.9. The van der Waals surface area contributed by atoms with Crippen LogP contribution in [0.4, 0.5) is 4.39 Å². The number of aromatic amines is 1. The van der Waals surface area contributed by atoms with Gasteiger partial charge in [-0.2, -0.15) is 5.10 Å². The Labute approximate surface area is 184 Å². The summed E-state index contributed by atoms with van der Waals surface area (Å²) in [5, 5.41) is 18.3. The number of carbonyl (C=O) groups is 2. The van der Waals surface area contributed by atoms with Gasteiger partial charge in [0.05, 0.1) is 5.56 Å². The van der Waals surface area contributed by atoms with Crippen molar-refractivity contribution >= 4 is 22.7 Å². The van der Waals surface area contributed by atoms with Crippen molar-refractivity contribution in [2.24, 2.45) is 5.92 Å². The molecule has 1 unspecified atom stereocenters. The number of amides is 2. The molecule has 2 fully saturated rings. The van der Waals surface area contributed by atoms with Crippen molar-refractivity contribution in [3.63, 3.8) is 0 Å². The lowest BCUT2D eigenvalue weighted by Gasteiger charge is -2.35. The van der Waals surface area contributed by atoms with Gasteiger partial charge >= 0.3 is 0 Å². The standard InChI is InChI=1S/C24H25FN4O3/c1-14-17-3-2-4-18(21(17)27-26-14)16-7-8-19(20(25)13-16)23(31)28-9-11-29(12-10-28)24(32)22(30)15-5-6-15/h2-4,7-8,13,15,22,30H,5-6,9-12H2,1H3,(H,26,27). The summed E-state index contributed by atoms with van der Waals surface area (Å²) >= 11 is 0. The third-order valence-electron chi connectivity index (χ3n) is 6.49. The van der Waals surface area contributed by atoms with E-state index in [1.165, 1.54) is 12.1 Å². The summed E-state index contributed by atoms with van der Waals surface area (Å²) in [5.74, 6) is -1.17. The Bertz CT molecular complexity index is 1200. The molecule has 2 aromatic carbocycles. The second kappa shape index (κ2) is 8.02. The summed E-state index contributed by atoms with van der Waals surface area (Å²) in [7, 11) is 0. The quantitative estimate of drug-likeness (QED) is 0.658. The first-order valence-corrected chi connectivity index (χ1v) is 10.9. The van der Waals surface area contributed by atoms with Crippen LogP contribution in [0.1, 0.15) is 28.9 Å². The summed E-state index contributed by atoms with van der Waals surface area (Å²) in [5.41, 5.74) is 3.16. The smallest absolute Gasteiger partial charge is 0.256 e. The van der Waals surface area contributed by atoms with Gasteiger partial charge in [-0.1, -0.05) is 24.3 Å². The van der Waals surface area contributed by atoms with Crippen LogP contribution >= 0.6 is 0 Å². The molecule has 2 amide bonds. The number of nitrogens with one attached hydrogen (secondary N) is 1. The van der Waals surface area contributed by atoms with E-state index < -0.39 is 17.8 Å². The fraction of sp³-hybridized carbons (Fsp3) is 0.375. The third-order valence-corrected chi connectivity index (χ3v) is 6.49. The minimum absolute atomic E-state index is 0.0110. The van der Waals surface area contributed by atoms with Crippen LogP contribution in [0.3, 0.4) is 0 Å². The van der Waals surface area contributed by atoms with Crippen molar-refractivity contribution in [2.75, 3.05) is 26.2 Å². The van der Waals surface area contributed by atoms with Gasteiger partial charge in [0.25, 0.3) is 11.8 Å². The summed E-state index contributed by atoms with van der Waals surface area (Å²) < 4.78 is 15.0. The molecule has 1 saturated heterocycles. The number of fused-ring (bicyclic) bond motifs is 1. The van der Waals surface area contributed by atoms with E-state index in [0.717, 1.165) is 35.0 Å². The molecule has 5 rings (SSSR count). The fourth-order valence-corrected chi connectivity index (χ4v) is 4.36. The first kappa shape index (κ1) is 20.6. The Morgan fingerprint density at radius 2 is 1.84 bits per heavy atom. The van der Waals surface area contributed by atoms with E-state index in [1.807, 2.05) is 25.1 Å². The fourth-order valence-electron chi connectivity index (χ4n) is 4.36. The van der Waals surface area contributed by atoms with Crippen LogP contribution in [-0.2, 0) is 4.79 Å². The first-order chi connectivity index (χ1) is 15.4. The van der Waals surface area contributed by atoms with E-state index in [2.05, 4.69) is 10.2 Å². The van der Waals surface area contributed by atoms with Gasteiger partial charge in [-0.3, -0.25) is 14.7 Å². The highest BCUT2D eigenvalue weighted by Gasteiger charge is 2.38. The number of nitrogens with zero attached hydrogens (tertiary/aromatic N) is 3. The van der Waals surface area contributed by atoms with E-state index >= 15 is 0 Å². The van der Waals surface area contributed by atoms with Gasteiger partial charge in [0.2, 0.25) is 0 Å². The van der Waals surface area contributed by atoms with Gasteiger partial charge in [-0.25, -0.2) is 4.39 Å². The van der Waals surface area contributed by atoms with Gasteiger partial charge in [-0.15, -0.1) is 0 Å². The number of halogens is 1. The third kappa shape index (κ3) is 3.64. The highest BCUT2D eigenvalue weighted by Crippen LogP contribution is 2.33. The lowest BCUT2D eigenvalue weighted by molar-refractivity contribution is -0.142. The van der Waals surface area contributed by atoms with E-state index in [0.29, 0.717) is 31.7 Å². The summed E-state index contributed by atoms with van der Waals surface area (Å²) in [6, 6.07) is 10.4. The van der Waals surface area contributed by atoms with E-state index in [1.54, 1.807) is 15.9 Å². The van der Waals surface area contributed by atoms with Crippen molar-refractivity contribution in [1.82, 2.24) is 20.0 Å². The maximum atomic E-state index is 15.0. The number of benzene rings is 2. The molecule has 7 nitrogen and oxygen atoms in total. The van der Waals surface area contributed by atoms with Crippen LogP contribution in [0.25, 0.3) is 22.0 Å². The maximum Gasteiger partial charge on any atom is 0.256 e. The molecule has 166 valence electrons. The summed E-state index contributed by atoms with van der Waals surface area (Å²) in [4.78, 5) is 28.4. The number of H-pyrrole nitrogens is 1. The van der Waals surface area contributed by atoms with Crippen LogP contribution in [-0.4, -0.2) is 69.2 Å². The Balaban J connectivity index is 1.30. The van der Waals surface area contributed by atoms with Crippen molar-refractivity contribution in [1.29, 1.82) is 0 Å². The molecule has 2 heterocycles. The van der Waals surface area contributed by atoms with E-state index in [-0.39, 0.29) is 17.4 Å². The molecule has 0 bridgehead atoms. The molecule has 1 aliphatic heterocycles. The summed E-state index contributed by atoms with van der Waals surface area (Å²) in [6.07, 6.45) is 0.828. The lowest BCUT2D eigenvalue weighted by atomic mass is 10.00. The van der Waals surface area contributed by atoms with Crippen LogP contribution in [0, 0.1) is 18.7 Å². The van der Waals surface area contributed by atoms with Crippen molar-refractivity contribution in [2.45, 2.75) is 25.9 Å². The number of aromatic nitrogens is 2. The molecule has 0 spiro atoms. The highest BCUT2D eigenvalue weighted by atomic mass is 19.1. The van der Waals surface area contributed by atoms with Crippen molar-refractivity contribution < 1.29 is 19.1 Å². The van der Waals surface area contributed by atoms with Gasteiger partial charge in [0.1, 0.15) is 17.4 Å². The molecule has 1 aliphatic carbocycles. The normalized spacial score (nSPS) is 17.6. The number of carbonyl (C=O) groups excluding carboxylic acids is 2. The number of aliphatic hydroxyl groups is 1. The lowest BCUT2D eigenvalue weighted by Crippen LogP contribution is -2.53. The minimum Gasteiger partial charge on any atom is -0.383 e. The molecule has 1 atom stereocenters. The Morgan fingerprint density at radius 3 is 2.53 bits per heavy atom. The highest BCUT2D eigenvalue weighted by molar-refractivity contribution is 5.97. The van der Waals surface area contributed by atoms with Crippen LogP contribution in [0.2, 0.25) is 0 Å². The number of aryl methyl sites for hydroxylation is 1. The second-order valence-corrected chi connectivity index (χ2v) is 8.64. The molecule has 32 heavy (non-hydrogen) atoms. The Kier molecular flexibility index (Phi) is 5.17. The molecule has 0 radical (unpaired) electrons. The van der Waals surface area contributed by atoms with Gasteiger partial charge < -0.3 is 14.9 Å². The average Bonchev–Trinajstić information content (AvgIpc) is 3.60. The van der Waals surface area contributed by atoms with Gasteiger partial charge in [0.15, 0.2) is 0 Å². The number of para-hydroxylation sites is 1. The second-order valence-electron chi connectivity index (χ2n) is 8.64. The minimum atomic E-state index is -0.940. The van der Waals surface area contributed by atoms with Gasteiger partial charge in [0, 0.05) is 42.8 Å². The topological polar surface area (TPSA) is 89.5 Å². The number of hydrogen-bond donors (Lipinski definition) is 2. The number of piperazine rings is 1. The van der Waals surface area contributed by atoms with Crippen LogP contribution in [0.15, 0.2) is 36.4 Å². The molecule has 3 aromatic rings. The van der Waals surface area contributed by atoms with Crippen molar-refractivity contribution in [3.05, 3.63) is 53.5 Å². The molecule has 2 aliphatic rings. The number of aliphatic hydroxyl groups excluding tert-OH is 1. The number of hydrogen-bond acceptors (Lipinski definition) is 4. The maximum absolute atomic E-state index is 15.0. The molecule has 8 heteroatoms. The van der Waals surface area contributed by atoms with E-state index in [4.69, 9.17) is 0 Å². The molecule has 1 aromatic heterocycles. The largest absolute Gasteiger partial charge is 0.383 e. The monoisotopic (exact) mass is 436 g/mol. The Morgan fingerprint density at radius 1 is 1.12 bits per heavy atom. The van der Waals surface area contributed by atoms with E-state index in [9.17, 15) is 19.1 Å². The SMILES string of the molecule is Cc1[nH]nc2c(-c3ccc(C(=O)N4CCN(C(=O)C(O)C5CC5)CC4)c(F)c3)cccc12. The predicted octanol–water partition coefficient (Wildman–Crippen LogP) is 2.73. The van der Waals surface area contributed by atoms with Crippen molar-refractivity contribution in [3.8, 4) is 11.1 Å². The predicted molar refractivity (Wildman–Crippen MR) is 117 cm³/mol. The van der Waals surface area contributed by atoms with Crippen LogP contribution < -0.4 is 0 Å². The van der Waals surface area contributed by atoms with Crippen LogP contribution in [0.5, 0.6) is 0 Å².